The second-order valence-corrected chi connectivity index (χ2v) is 6.41. The number of rotatable bonds is 1. The molecule has 3 aromatic rings. The van der Waals surface area contributed by atoms with Crippen LogP contribution in [0.4, 0.5) is 0 Å². The summed E-state index contributed by atoms with van der Waals surface area (Å²) in [7, 11) is 0. The minimum atomic E-state index is -1.02. The molecular formula is C21H13ClO3. The van der Waals surface area contributed by atoms with E-state index in [0.29, 0.717) is 22.9 Å². The van der Waals surface area contributed by atoms with Gasteiger partial charge in [-0.1, -0.05) is 48.5 Å². The number of hydrogen-bond acceptors (Lipinski definition) is 3. The van der Waals surface area contributed by atoms with Crippen molar-refractivity contribution in [3.8, 4) is 11.5 Å². The number of alkyl halides is 1. The van der Waals surface area contributed by atoms with Crippen LogP contribution in [0.1, 0.15) is 32.6 Å². The molecule has 0 radical (unpaired) electrons. The van der Waals surface area contributed by atoms with E-state index in [9.17, 15) is 4.79 Å². The third-order valence-electron chi connectivity index (χ3n) is 4.87. The Bertz CT molecular complexity index is 1030. The fraction of sp³-hybridized carbons (Fsp3) is 0.0952. The Labute approximate surface area is 149 Å². The van der Waals surface area contributed by atoms with Gasteiger partial charge < -0.3 is 9.47 Å². The lowest BCUT2D eigenvalue weighted by Gasteiger charge is -2.37. The Morgan fingerprint density at radius 3 is 2.40 bits per heavy atom. The topological polar surface area (TPSA) is 35.5 Å². The molecule has 122 valence electrons. The number of esters is 1. The molecule has 0 bridgehead atoms. The Balaban J connectivity index is 1.95. The molecule has 0 amide bonds. The third-order valence-corrected chi connectivity index (χ3v) is 5.15. The van der Waals surface area contributed by atoms with Crippen molar-refractivity contribution in [3.05, 3.63) is 94.5 Å². The van der Waals surface area contributed by atoms with E-state index in [4.69, 9.17) is 21.1 Å². The standard InChI is InChI=1S/C21H13ClO3/c22-12-13-6-5-11-18-19(13)21(16-9-3-4-10-17(16)24-18)15-8-2-1-7-14(15)20(23)25-21/h1-11H,12H2. The quantitative estimate of drug-likeness (QED) is 0.459. The summed E-state index contributed by atoms with van der Waals surface area (Å²) in [5, 5.41) is 0. The lowest BCUT2D eigenvalue weighted by atomic mass is 9.76. The van der Waals surface area contributed by atoms with Gasteiger partial charge in [-0.2, -0.15) is 0 Å². The van der Waals surface area contributed by atoms with Crippen LogP contribution in [-0.2, 0) is 16.2 Å². The van der Waals surface area contributed by atoms with E-state index in [1.54, 1.807) is 6.07 Å². The molecule has 25 heavy (non-hydrogen) atoms. The highest BCUT2D eigenvalue weighted by Gasteiger charge is 2.54. The smallest absolute Gasteiger partial charge is 0.340 e. The summed E-state index contributed by atoms with van der Waals surface area (Å²) in [4.78, 5) is 12.7. The molecule has 1 atom stereocenters. The molecule has 2 aliphatic heterocycles. The maximum atomic E-state index is 12.7. The van der Waals surface area contributed by atoms with Crippen molar-refractivity contribution in [2.75, 3.05) is 0 Å². The van der Waals surface area contributed by atoms with Gasteiger partial charge in [0.1, 0.15) is 11.5 Å². The van der Waals surface area contributed by atoms with Gasteiger partial charge in [-0.15, -0.1) is 11.6 Å². The zero-order chi connectivity index (χ0) is 17.0. The SMILES string of the molecule is O=C1OC2(c3ccccc3Oc3cccc(CCl)c32)c2ccccc21. The Hall–Kier alpha value is -2.78. The highest BCUT2D eigenvalue weighted by Crippen LogP contribution is 2.56. The number of fused-ring (bicyclic) bond motifs is 6. The predicted molar refractivity (Wildman–Crippen MR) is 94.3 cm³/mol. The molecule has 3 aromatic carbocycles. The van der Waals surface area contributed by atoms with Crippen molar-refractivity contribution in [1.29, 1.82) is 0 Å². The Kier molecular flexibility index (Phi) is 2.97. The number of benzene rings is 3. The molecule has 2 heterocycles. The summed E-state index contributed by atoms with van der Waals surface area (Å²) in [5.74, 6) is 1.33. The van der Waals surface area contributed by atoms with Crippen molar-refractivity contribution in [2.24, 2.45) is 0 Å². The van der Waals surface area contributed by atoms with Gasteiger partial charge in [0.15, 0.2) is 5.60 Å². The van der Waals surface area contributed by atoms with Crippen LogP contribution in [0.15, 0.2) is 66.7 Å². The highest BCUT2D eigenvalue weighted by molar-refractivity contribution is 6.17. The molecule has 5 rings (SSSR count). The lowest BCUT2D eigenvalue weighted by Crippen LogP contribution is -2.34. The molecule has 2 aliphatic rings. The van der Waals surface area contributed by atoms with Crippen LogP contribution in [0.5, 0.6) is 11.5 Å². The normalized spacial score (nSPS) is 19.6. The zero-order valence-corrected chi connectivity index (χ0v) is 13.9. The number of carbonyl (C=O) groups is 1. The number of hydrogen-bond donors (Lipinski definition) is 0. The second-order valence-electron chi connectivity index (χ2n) is 6.14. The van der Waals surface area contributed by atoms with Gasteiger partial charge in [0.05, 0.1) is 11.1 Å². The van der Waals surface area contributed by atoms with Crippen LogP contribution in [0.3, 0.4) is 0 Å². The predicted octanol–water partition coefficient (Wildman–Crippen LogP) is 4.99. The summed E-state index contributed by atoms with van der Waals surface area (Å²) >= 11 is 6.22. The molecule has 0 fully saturated rings. The second kappa shape index (κ2) is 5.11. The minimum absolute atomic E-state index is 0.302. The molecule has 0 aromatic heterocycles. The van der Waals surface area contributed by atoms with Crippen LogP contribution in [0.25, 0.3) is 0 Å². The van der Waals surface area contributed by atoms with Crippen LogP contribution in [0, 0.1) is 0 Å². The fourth-order valence-corrected chi connectivity index (χ4v) is 4.10. The minimum Gasteiger partial charge on any atom is -0.456 e. The van der Waals surface area contributed by atoms with Crippen LogP contribution >= 0.6 is 11.6 Å². The number of ether oxygens (including phenoxy) is 2. The number of carbonyl (C=O) groups excluding carboxylic acids is 1. The van der Waals surface area contributed by atoms with Gasteiger partial charge in [-0.25, -0.2) is 4.79 Å². The van der Waals surface area contributed by atoms with E-state index in [-0.39, 0.29) is 5.97 Å². The maximum absolute atomic E-state index is 12.7. The molecule has 3 nitrogen and oxygen atoms in total. The number of halogens is 1. The van der Waals surface area contributed by atoms with Gasteiger partial charge in [0, 0.05) is 17.0 Å². The molecule has 1 spiro atoms. The number of para-hydroxylation sites is 1. The van der Waals surface area contributed by atoms with Gasteiger partial charge in [0.2, 0.25) is 0 Å². The largest absolute Gasteiger partial charge is 0.456 e. The van der Waals surface area contributed by atoms with E-state index in [1.165, 1.54) is 0 Å². The lowest BCUT2D eigenvalue weighted by molar-refractivity contribution is 0.0222. The Morgan fingerprint density at radius 2 is 1.56 bits per heavy atom. The molecule has 0 saturated carbocycles. The summed E-state index contributed by atoms with van der Waals surface area (Å²) in [5.41, 5.74) is 2.89. The first-order valence-electron chi connectivity index (χ1n) is 8.04. The van der Waals surface area contributed by atoms with E-state index >= 15 is 0 Å². The Morgan fingerprint density at radius 1 is 0.840 bits per heavy atom. The zero-order valence-electron chi connectivity index (χ0n) is 13.2. The molecule has 1 unspecified atom stereocenters. The third kappa shape index (κ3) is 1.79. The van der Waals surface area contributed by atoms with Crippen LogP contribution in [0.2, 0.25) is 0 Å². The fourth-order valence-electron chi connectivity index (χ4n) is 3.88. The van der Waals surface area contributed by atoms with Gasteiger partial charge >= 0.3 is 5.97 Å². The van der Waals surface area contributed by atoms with Crippen molar-refractivity contribution < 1.29 is 14.3 Å². The van der Waals surface area contributed by atoms with Gasteiger partial charge in [-0.3, -0.25) is 0 Å². The first-order chi connectivity index (χ1) is 12.3. The van der Waals surface area contributed by atoms with Crippen molar-refractivity contribution >= 4 is 17.6 Å². The average molecular weight is 349 g/mol. The highest BCUT2D eigenvalue weighted by atomic mass is 35.5. The molecule has 0 saturated heterocycles. The summed E-state index contributed by atoms with van der Waals surface area (Å²) in [6, 6.07) is 20.9. The average Bonchev–Trinajstić information content (AvgIpc) is 2.95. The van der Waals surface area contributed by atoms with Crippen molar-refractivity contribution in [1.82, 2.24) is 0 Å². The molecule has 0 N–H and O–H groups in total. The first-order valence-corrected chi connectivity index (χ1v) is 8.57. The van der Waals surface area contributed by atoms with E-state index < -0.39 is 5.60 Å². The van der Waals surface area contributed by atoms with Crippen molar-refractivity contribution in [2.45, 2.75) is 11.5 Å². The van der Waals surface area contributed by atoms with Crippen LogP contribution in [-0.4, -0.2) is 5.97 Å². The van der Waals surface area contributed by atoms with E-state index in [2.05, 4.69) is 0 Å². The van der Waals surface area contributed by atoms with Gasteiger partial charge in [0.25, 0.3) is 0 Å². The first kappa shape index (κ1) is 14.6. The molecule has 0 aliphatic carbocycles. The van der Waals surface area contributed by atoms with E-state index in [0.717, 1.165) is 22.3 Å². The van der Waals surface area contributed by atoms with Crippen LogP contribution < -0.4 is 4.74 Å². The molecule has 4 heteroatoms. The molecular weight excluding hydrogens is 336 g/mol. The summed E-state index contributed by atoms with van der Waals surface area (Å²) in [6.45, 7) is 0. The summed E-state index contributed by atoms with van der Waals surface area (Å²) in [6.07, 6.45) is 0. The van der Waals surface area contributed by atoms with E-state index in [1.807, 2.05) is 60.7 Å². The summed E-state index contributed by atoms with van der Waals surface area (Å²) < 4.78 is 12.2. The van der Waals surface area contributed by atoms with Crippen molar-refractivity contribution in [3.63, 3.8) is 0 Å². The monoisotopic (exact) mass is 348 g/mol. The van der Waals surface area contributed by atoms with Gasteiger partial charge in [-0.05, 0) is 23.8 Å². The maximum Gasteiger partial charge on any atom is 0.340 e.